The van der Waals surface area contributed by atoms with Crippen LogP contribution in [0.15, 0.2) is 0 Å². The van der Waals surface area contributed by atoms with E-state index in [1.54, 1.807) is 0 Å². The first kappa shape index (κ1) is 6.99. The minimum atomic E-state index is 0.603. The Hall–Kier alpha value is 0.310. The van der Waals surface area contributed by atoms with Crippen molar-refractivity contribution in [2.75, 3.05) is 18.6 Å². The van der Waals surface area contributed by atoms with Gasteiger partial charge in [-0.25, -0.2) is 0 Å². The maximum Gasteiger partial charge on any atom is 0.0183 e. The van der Waals surface area contributed by atoms with Gasteiger partial charge in [-0.05, 0) is 43.7 Å². The molecule has 0 aromatic heterocycles. The standard InChI is InChI=1S/C8H15NS/c1-9-8(2-3-8)4-7-5-10-6-7/h7,9H,2-6H2,1H3. The Morgan fingerprint density at radius 1 is 1.50 bits per heavy atom. The van der Waals surface area contributed by atoms with Crippen molar-refractivity contribution in [3.8, 4) is 0 Å². The first-order chi connectivity index (χ1) is 4.85. The van der Waals surface area contributed by atoms with Crippen LogP contribution in [0.25, 0.3) is 0 Å². The van der Waals surface area contributed by atoms with Crippen LogP contribution in [0.2, 0.25) is 0 Å². The zero-order valence-electron chi connectivity index (χ0n) is 6.52. The van der Waals surface area contributed by atoms with Crippen molar-refractivity contribution in [1.82, 2.24) is 5.32 Å². The fourth-order valence-corrected chi connectivity index (χ4v) is 2.47. The summed E-state index contributed by atoms with van der Waals surface area (Å²) in [4.78, 5) is 0. The maximum absolute atomic E-state index is 3.44. The summed E-state index contributed by atoms with van der Waals surface area (Å²) >= 11 is 2.10. The van der Waals surface area contributed by atoms with Crippen LogP contribution in [0, 0.1) is 5.92 Å². The lowest BCUT2D eigenvalue weighted by Crippen LogP contribution is -2.33. The van der Waals surface area contributed by atoms with Crippen LogP contribution in [0.1, 0.15) is 19.3 Å². The predicted molar refractivity (Wildman–Crippen MR) is 46.5 cm³/mol. The lowest BCUT2D eigenvalue weighted by atomic mass is 10.0. The second kappa shape index (κ2) is 2.42. The van der Waals surface area contributed by atoms with Crippen LogP contribution in [0.5, 0.6) is 0 Å². The molecule has 1 heterocycles. The molecule has 2 aliphatic rings. The van der Waals surface area contributed by atoms with E-state index in [9.17, 15) is 0 Å². The summed E-state index contributed by atoms with van der Waals surface area (Å²) in [5, 5.41) is 3.44. The van der Waals surface area contributed by atoms with E-state index in [0.29, 0.717) is 5.54 Å². The second-order valence-electron chi connectivity index (χ2n) is 3.64. The van der Waals surface area contributed by atoms with E-state index in [-0.39, 0.29) is 0 Å². The van der Waals surface area contributed by atoms with Crippen molar-refractivity contribution >= 4 is 11.8 Å². The summed E-state index contributed by atoms with van der Waals surface area (Å²) in [7, 11) is 2.11. The van der Waals surface area contributed by atoms with Crippen LogP contribution >= 0.6 is 11.8 Å². The minimum Gasteiger partial charge on any atom is -0.314 e. The van der Waals surface area contributed by atoms with E-state index in [4.69, 9.17) is 0 Å². The van der Waals surface area contributed by atoms with E-state index in [1.165, 1.54) is 30.8 Å². The average Bonchev–Trinajstić information content (AvgIpc) is 2.60. The lowest BCUT2D eigenvalue weighted by molar-refractivity contribution is 0.425. The normalized spacial score (nSPS) is 29.7. The van der Waals surface area contributed by atoms with Crippen molar-refractivity contribution < 1.29 is 0 Å². The molecule has 58 valence electrons. The summed E-state index contributed by atoms with van der Waals surface area (Å²) in [6, 6.07) is 0. The van der Waals surface area contributed by atoms with Gasteiger partial charge in [0.2, 0.25) is 0 Å². The first-order valence-corrected chi connectivity index (χ1v) is 5.27. The molecule has 1 saturated carbocycles. The van der Waals surface area contributed by atoms with Gasteiger partial charge in [-0.15, -0.1) is 0 Å². The van der Waals surface area contributed by atoms with Gasteiger partial charge in [0.1, 0.15) is 0 Å². The van der Waals surface area contributed by atoms with Crippen LogP contribution in [-0.2, 0) is 0 Å². The monoisotopic (exact) mass is 157 g/mol. The highest BCUT2D eigenvalue weighted by molar-refractivity contribution is 8.00. The summed E-state index contributed by atoms with van der Waals surface area (Å²) in [5.41, 5.74) is 0.603. The molecule has 0 radical (unpaired) electrons. The zero-order chi connectivity index (χ0) is 7.03. The molecule has 0 amide bonds. The average molecular weight is 157 g/mol. The third-order valence-electron chi connectivity index (χ3n) is 2.77. The molecule has 1 nitrogen and oxygen atoms in total. The Morgan fingerprint density at radius 3 is 2.50 bits per heavy atom. The Balaban J connectivity index is 1.77. The number of thioether (sulfide) groups is 1. The van der Waals surface area contributed by atoms with Gasteiger partial charge >= 0.3 is 0 Å². The Morgan fingerprint density at radius 2 is 2.20 bits per heavy atom. The second-order valence-corrected chi connectivity index (χ2v) is 4.71. The number of hydrogen-bond acceptors (Lipinski definition) is 2. The van der Waals surface area contributed by atoms with Crippen LogP contribution in [0.3, 0.4) is 0 Å². The van der Waals surface area contributed by atoms with Crippen molar-refractivity contribution in [1.29, 1.82) is 0 Å². The van der Waals surface area contributed by atoms with Crippen molar-refractivity contribution in [3.05, 3.63) is 0 Å². The van der Waals surface area contributed by atoms with Crippen molar-refractivity contribution in [3.63, 3.8) is 0 Å². The molecule has 10 heavy (non-hydrogen) atoms. The molecule has 0 atom stereocenters. The van der Waals surface area contributed by atoms with E-state index < -0.39 is 0 Å². The molecule has 0 unspecified atom stereocenters. The SMILES string of the molecule is CNC1(CC2CSC2)CC1. The third-order valence-corrected chi connectivity index (χ3v) is 4.18. The van der Waals surface area contributed by atoms with Gasteiger partial charge in [0.25, 0.3) is 0 Å². The van der Waals surface area contributed by atoms with Gasteiger partial charge in [-0.3, -0.25) is 0 Å². The van der Waals surface area contributed by atoms with Crippen molar-refractivity contribution in [2.45, 2.75) is 24.8 Å². The first-order valence-electron chi connectivity index (χ1n) is 4.11. The van der Waals surface area contributed by atoms with E-state index in [1.807, 2.05) is 0 Å². The largest absolute Gasteiger partial charge is 0.314 e. The molecule has 0 spiro atoms. The van der Waals surface area contributed by atoms with Crippen LogP contribution in [-0.4, -0.2) is 24.1 Å². The quantitative estimate of drug-likeness (QED) is 0.666. The highest BCUT2D eigenvalue weighted by Gasteiger charge is 2.43. The van der Waals surface area contributed by atoms with Gasteiger partial charge in [0.15, 0.2) is 0 Å². The summed E-state index contributed by atoms with van der Waals surface area (Å²) < 4.78 is 0. The molecule has 1 aliphatic heterocycles. The molecule has 0 aromatic rings. The highest BCUT2D eigenvalue weighted by Crippen LogP contribution is 2.44. The zero-order valence-corrected chi connectivity index (χ0v) is 7.34. The molecule has 2 rings (SSSR count). The molecular weight excluding hydrogens is 142 g/mol. The van der Waals surface area contributed by atoms with Gasteiger partial charge in [0.05, 0.1) is 0 Å². The summed E-state index contributed by atoms with van der Waals surface area (Å²) in [6.45, 7) is 0. The molecule has 1 saturated heterocycles. The fourth-order valence-electron chi connectivity index (χ4n) is 1.66. The fraction of sp³-hybridized carbons (Fsp3) is 1.00. The molecule has 0 bridgehead atoms. The molecule has 1 N–H and O–H groups in total. The summed E-state index contributed by atoms with van der Waals surface area (Å²) in [6.07, 6.45) is 4.28. The van der Waals surface area contributed by atoms with Crippen molar-refractivity contribution in [2.24, 2.45) is 5.92 Å². The van der Waals surface area contributed by atoms with E-state index >= 15 is 0 Å². The predicted octanol–water partition coefficient (Wildman–Crippen LogP) is 1.49. The number of rotatable bonds is 3. The Kier molecular flexibility index (Phi) is 1.69. The smallest absolute Gasteiger partial charge is 0.0183 e. The Bertz CT molecular complexity index is 127. The molecule has 2 heteroatoms. The highest BCUT2D eigenvalue weighted by atomic mass is 32.2. The van der Waals surface area contributed by atoms with Crippen LogP contribution < -0.4 is 5.32 Å². The van der Waals surface area contributed by atoms with E-state index in [2.05, 4.69) is 24.1 Å². The van der Waals surface area contributed by atoms with E-state index in [0.717, 1.165) is 5.92 Å². The molecule has 1 aliphatic carbocycles. The summed E-state index contributed by atoms with van der Waals surface area (Å²) in [5.74, 6) is 3.88. The molecule has 2 fully saturated rings. The van der Waals surface area contributed by atoms with Gasteiger partial charge in [-0.2, -0.15) is 11.8 Å². The maximum atomic E-state index is 3.44. The van der Waals surface area contributed by atoms with Crippen LogP contribution in [0.4, 0.5) is 0 Å². The molecule has 0 aromatic carbocycles. The van der Waals surface area contributed by atoms with Gasteiger partial charge in [0, 0.05) is 5.54 Å². The molecular formula is C8H15NS. The third kappa shape index (κ3) is 1.19. The number of nitrogens with one attached hydrogen (secondary N) is 1. The topological polar surface area (TPSA) is 12.0 Å². The van der Waals surface area contributed by atoms with Gasteiger partial charge < -0.3 is 5.32 Å². The lowest BCUT2D eigenvalue weighted by Gasteiger charge is -2.28. The Labute approximate surface area is 67.0 Å². The van der Waals surface area contributed by atoms with Gasteiger partial charge in [-0.1, -0.05) is 0 Å². The minimum absolute atomic E-state index is 0.603. The number of hydrogen-bond donors (Lipinski definition) is 1.